The van der Waals surface area contributed by atoms with Crippen LogP contribution in [0.4, 0.5) is 0 Å². The Morgan fingerprint density at radius 1 is 1.35 bits per heavy atom. The quantitative estimate of drug-likeness (QED) is 0.847. The molecule has 3 nitrogen and oxygen atoms in total. The Labute approximate surface area is 102 Å². The molecule has 0 fully saturated rings. The molecule has 3 heteroatoms. The van der Waals surface area contributed by atoms with Gasteiger partial charge in [0.2, 0.25) is 0 Å². The van der Waals surface area contributed by atoms with Gasteiger partial charge in [-0.3, -0.25) is 0 Å². The lowest BCUT2D eigenvalue weighted by atomic mass is 10.1. The van der Waals surface area contributed by atoms with Crippen molar-refractivity contribution >= 4 is 10.9 Å². The predicted octanol–water partition coefficient (Wildman–Crippen LogP) is 2.13. The van der Waals surface area contributed by atoms with Crippen molar-refractivity contribution in [1.29, 1.82) is 0 Å². The number of nitrogens with zero attached hydrogens (tertiary/aromatic N) is 1. The molecule has 0 saturated carbocycles. The van der Waals surface area contributed by atoms with E-state index in [0.29, 0.717) is 6.54 Å². The average molecular weight is 232 g/mol. The second-order valence-electron chi connectivity index (χ2n) is 4.40. The molecule has 0 spiro atoms. The minimum absolute atomic E-state index is 0.443. The third-order valence-electron chi connectivity index (χ3n) is 3.37. The van der Waals surface area contributed by atoms with E-state index in [0.717, 1.165) is 23.2 Å². The SMILES string of the molecule is CCNCC(O)c1c(C)n(C)c2ccccc12. The molecule has 0 amide bonds. The molecule has 0 aliphatic carbocycles. The number of aliphatic hydroxyl groups is 1. The van der Waals surface area contributed by atoms with Crippen LogP contribution in [0.25, 0.3) is 10.9 Å². The van der Waals surface area contributed by atoms with Crippen LogP contribution in [-0.2, 0) is 7.05 Å². The van der Waals surface area contributed by atoms with Crippen LogP contribution in [0.1, 0.15) is 24.3 Å². The zero-order chi connectivity index (χ0) is 12.4. The lowest BCUT2D eigenvalue weighted by Crippen LogP contribution is -2.21. The Hall–Kier alpha value is -1.32. The molecule has 2 N–H and O–H groups in total. The summed E-state index contributed by atoms with van der Waals surface area (Å²) in [4.78, 5) is 0. The van der Waals surface area contributed by atoms with E-state index < -0.39 is 6.10 Å². The van der Waals surface area contributed by atoms with Gasteiger partial charge in [-0.05, 0) is 19.5 Å². The molecule has 0 aliphatic rings. The van der Waals surface area contributed by atoms with E-state index in [-0.39, 0.29) is 0 Å². The molecule has 0 saturated heterocycles. The van der Waals surface area contributed by atoms with E-state index in [1.807, 2.05) is 26.1 Å². The maximum absolute atomic E-state index is 10.3. The van der Waals surface area contributed by atoms with Crippen molar-refractivity contribution in [3.8, 4) is 0 Å². The summed E-state index contributed by atoms with van der Waals surface area (Å²) in [5.41, 5.74) is 3.36. The van der Waals surface area contributed by atoms with Crippen molar-refractivity contribution in [3.63, 3.8) is 0 Å². The van der Waals surface area contributed by atoms with Crippen molar-refractivity contribution < 1.29 is 5.11 Å². The summed E-state index contributed by atoms with van der Waals surface area (Å²) in [5.74, 6) is 0. The van der Waals surface area contributed by atoms with Gasteiger partial charge in [0.25, 0.3) is 0 Å². The minimum Gasteiger partial charge on any atom is -0.387 e. The summed E-state index contributed by atoms with van der Waals surface area (Å²) in [7, 11) is 2.04. The predicted molar refractivity (Wildman–Crippen MR) is 71.2 cm³/mol. The van der Waals surface area contributed by atoms with E-state index >= 15 is 0 Å². The monoisotopic (exact) mass is 232 g/mol. The second-order valence-corrected chi connectivity index (χ2v) is 4.40. The summed E-state index contributed by atoms with van der Waals surface area (Å²) in [6.07, 6.45) is -0.443. The van der Waals surface area contributed by atoms with E-state index in [1.165, 1.54) is 5.52 Å². The normalized spacial score (nSPS) is 13.2. The molecule has 17 heavy (non-hydrogen) atoms. The van der Waals surface area contributed by atoms with Crippen molar-refractivity contribution in [1.82, 2.24) is 9.88 Å². The van der Waals surface area contributed by atoms with Gasteiger partial charge in [0.1, 0.15) is 0 Å². The fraction of sp³-hybridized carbons (Fsp3) is 0.429. The Bertz CT molecular complexity index is 516. The van der Waals surface area contributed by atoms with Crippen molar-refractivity contribution in [3.05, 3.63) is 35.5 Å². The first-order chi connectivity index (χ1) is 8.16. The number of likely N-dealkylation sites (N-methyl/N-ethyl adjacent to an activating group) is 1. The molecule has 1 aromatic carbocycles. The summed E-state index contributed by atoms with van der Waals surface area (Å²) in [6, 6.07) is 8.21. The third kappa shape index (κ3) is 2.08. The smallest absolute Gasteiger partial charge is 0.0937 e. The Morgan fingerprint density at radius 3 is 2.76 bits per heavy atom. The molecule has 2 aromatic rings. The van der Waals surface area contributed by atoms with Crippen molar-refractivity contribution in [2.75, 3.05) is 13.1 Å². The first-order valence-corrected chi connectivity index (χ1v) is 6.09. The molecule has 0 bridgehead atoms. The van der Waals surface area contributed by atoms with Gasteiger partial charge in [0, 0.05) is 35.8 Å². The highest BCUT2D eigenvalue weighted by Gasteiger charge is 2.17. The molecular weight excluding hydrogens is 212 g/mol. The Kier molecular flexibility index (Phi) is 3.50. The van der Waals surface area contributed by atoms with E-state index in [2.05, 4.69) is 28.9 Å². The highest BCUT2D eigenvalue weighted by atomic mass is 16.3. The van der Waals surface area contributed by atoms with Gasteiger partial charge in [0.05, 0.1) is 6.10 Å². The summed E-state index contributed by atoms with van der Waals surface area (Å²) < 4.78 is 2.14. The maximum atomic E-state index is 10.3. The second kappa shape index (κ2) is 4.90. The van der Waals surface area contributed by atoms with Gasteiger partial charge in [-0.15, -0.1) is 0 Å². The molecule has 1 atom stereocenters. The average Bonchev–Trinajstić information content (AvgIpc) is 2.60. The zero-order valence-corrected chi connectivity index (χ0v) is 10.7. The first kappa shape index (κ1) is 12.1. The number of aromatic nitrogens is 1. The van der Waals surface area contributed by atoms with Crippen molar-refractivity contribution in [2.24, 2.45) is 7.05 Å². The molecule has 0 radical (unpaired) electrons. The van der Waals surface area contributed by atoms with Crippen LogP contribution < -0.4 is 5.32 Å². The van der Waals surface area contributed by atoms with Gasteiger partial charge in [0.15, 0.2) is 0 Å². The molecule has 92 valence electrons. The van der Waals surface area contributed by atoms with E-state index in [1.54, 1.807) is 0 Å². The number of aliphatic hydroxyl groups excluding tert-OH is 1. The zero-order valence-electron chi connectivity index (χ0n) is 10.7. The van der Waals surface area contributed by atoms with Crippen LogP contribution in [-0.4, -0.2) is 22.8 Å². The van der Waals surface area contributed by atoms with Gasteiger partial charge in [-0.1, -0.05) is 25.1 Å². The minimum atomic E-state index is -0.443. The highest BCUT2D eigenvalue weighted by molar-refractivity contribution is 5.85. The lowest BCUT2D eigenvalue weighted by molar-refractivity contribution is 0.176. The van der Waals surface area contributed by atoms with Gasteiger partial charge in [-0.2, -0.15) is 0 Å². The van der Waals surface area contributed by atoms with Crippen LogP contribution in [0.2, 0.25) is 0 Å². The number of hydrogen-bond acceptors (Lipinski definition) is 2. The fourth-order valence-electron chi connectivity index (χ4n) is 2.35. The molecule has 1 aromatic heterocycles. The number of para-hydroxylation sites is 1. The summed E-state index contributed by atoms with van der Waals surface area (Å²) in [6.45, 7) is 5.58. The number of fused-ring (bicyclic) bond motifs is 1. The number of nitrogens with one attached hydrogen (secondary N) is 1. The van der Waals surface area contributed by atoms with Crippen LogP contribution in [0, 0.1) is 6.92 Å². The number of rotatable bonds is 4. The van der Waals surface area contributed by atoms with E-state index in [4.69, 9.17) is 0 Å². The topological polar surface area (TPSA) is 37.2 Å². The van der Waals surface area contributed by atoms with E-state index in [9.17, 15) is 5.11 Å². The number of benzene rings is 1. The molecule has 0 aliphatic heterocycles. The van der Waals surface area contributed by atoms with Gasteiger partial charge >= 0.3 is 0 Å². The van der Waals surface area contributed by atoms with Gasteiger partial charge in [-0.25, -0.2) is 0 Å². The molecule has 2 rings (SSSR count). The molecular formula is C14H20N2O. The Morgan fingerprint density at radius 2 is 2.06 bits per heavy atom. The number of hydrogen-bond donors (Lipinski definition) is 2. The van der Waals surface area contributed by atoms with Crippen LogP contribution >= 0.6 is 0 Å². The fourth-order valence-corrected chi connectivity index (χ4v) is 2.35. The summed E-state index contributed by atoms with van der Waals surface area (Å²) in [5, 5.41) is 14.6. The van der Waals surface area contributed by atoms with Crippen molar-refractivity contribution in [2.45, 2.75) is 20.0 Å². The molecule has 1 unspecified atom stereocenters. The maximum Gasteiger partial charge on any atom is 0.0937 e. The number of aryl methyl sites for hydroxylation is 1. The third-order valence-corrected chi connectivity index (χ3v) is 3.37. The summed E-state index contributed by atoms with van der Waals surface area (Å²) >= 11 is 0. The Balaban J connectivity index is 2.49. The van der Waals surface area contributed by atoms with Gasteiger partial charge < -0.3 is 15.0 Å². The molecule has 1 heterocycles. The highest BCUT2D eigenvalue weighted by Crippen LogP contribution is 2.29. The first-order valence-electron chi connectivity index (χ1n) is 6.09. The van der Waals surface area contributed by atoms with Crippen LogP contribution in [0.5, 0.6) is 0 Å². The van der Waals surface area contributed by atoms with Crippen LogP contribution in [0.3, 0.4) is 0 Å². The standard InChI is InChI=1S/C14H20N2O/c1-4-15-9-13(17)14-10(2)16(3)12-8-6-5-7-11(12)14/h5-8,13,15,17H,4,9H2,1-3H3. The largest absolute Gasteiger partial charge is 0.387 e. The lowest BCUT2D eigenvalue weighted by Gasteiger charge is -2.12. The van der Waals surface area contributed by atoms with Crippen LogP contribution in [0.15, 0.2) is 24.3 Å².